The standard InChI is InChI=1S/C17H16N2O3S/c1-3-10-9-23-17-12(10)14(20)13(16(22)19(17)2)15(21)18-11-7-5-4-6-8-11/h4-9,20H,3H2,1-2H3,(H,18,21). The quantitative estimate of drug-likeness (QED) is 0.776. The van der Waals surface area contributed by atoms with Crippen LogP contribution in [0.3, 0.4) is 0 Å². The minimum atomic E-state index is -0.607. The highest BCUT2D eigenvalue weighted by Crippen LogP contribution is 2.34. The molecule has 0 saturated carbocycles. The maximum Gasteiger partial charge on any atom is 0.268 e. The van der Waals surface area contributed by atoms with E-state index in [1.165, 1.54) is 15.9 Å². The van der Waals surface area contributed by atoms with Gasteiger partial charge in [0.15, 0.2) is 0 Å². The van der Waals surface area contributed by atoms with Crippen molar-refractivity contribution in [3.05, 3.63) is 57.2 Å². The van der Waals surface area contributed by atoms with Crippen molar-refractivity contribution < 1.29 is 9.90 Å². The molecule has 2 heterocycles. The topological polar surface area (TPSA) is 71.3 Å². The number of rotatable bonds is 3. The van der Waals surface area contributed by atoms with Crippen LogP contribution in [-0.2, 0) is 13.5 Å². The second kappa shape index (κ2) is 5.89. The Morgan fingerprint density at radius 1 is 1.30 bits per heavy atom. The third kappa shape index (κ3) is 2.51. The first-order valence-electron chi connectivity index (χ1n) is 7.23. The van der Waals surface area contributed by atoms with E-state index in [1.54, 1.807) is 31.3 Å². The zero-order valence-corrected chi connectivity index (χ0v) is 13.6. The lowest BCUT2D eigenvalue weighted by Gasteiger charge is -2.10. The number of thiophene rings is 1. The number of aryl methyl sites for hydroxylation is 2. The number of hydrogen-bond donors (Lipinski definition) is 2. The van der Waals surface area contributed by atoms with Crippen LogP contribution in [0.5, 0.6) is 5.75 Å². The van der Waals surface area contributed by atoms with Crippen LogP contribution in [0.15, 0.2) is 40.5 Å². The Morgan fingerprint density at radius 2 is 2.00 bits per heavy atom. The lowest BCUT2D eigenvalue weighted by Crippen LogP contribution is -2.27. The summed E-state index contributed by atoms with van der Waals surface area (Å²) in [6.07, 6.45) is 0.714. The van der Waals surface area contributed by atoms with Crippen molar-refractivity contribution in [3.8, 4) is 5.75 Å². The van der Waals surface area contributed by atoms with Crippen LogP contribution in [0.1, 0.15) is 22.8 Å². The molecular formula is C17H16N2O3S. The summed E-state index contributed by atoms with van der Waals surface area (Å²) in [5, 5.41) is 15.7. The molecule has 0 aliphatic carbocycles. The first-order chi connectivity index (χ1) is 11.0. The Hall–Kier alpha value is -2.60. The van der Waals surface area contributed by atoms with Gasteiger partial charge in [0.05, 0.1) is 5.39 Å². The molecule has 6 heteroatoms. The fourth-order valence-corrected chi connectivity index (χ4v) is 3.67. The number of carbonyl (C=O) groups excluding carboxylic acids is 1. The summed E-state index contributed by atoms with van der Waals surface area (Å²) in [6, 6.07) is 8.84. The van der Waals surface area contributed by atoms with E-state index in [0.29, 0.717) is 22.3 Å². The number of hydrogen-bond acceptors (Lipinski definition) is 4. The normalized spacial score (nSPS) is 10.9. The Labute approximate surface area is 136 Å². The van der Waals surface area contributed by atoms with Gasteiger partial charge in [0.25, 0.3) is 11.5 Å². The van der Waals surface area contributed by atoms with Crippen LogP contribution in [-0.4, -0.2) is 15.6 Å². The summed E-state index contributed by atoms with van der Waals surface area (Å²) >= 11 is 1.39. The molecule has 3 rings (SSSR count). The number of para-hydroxylation sites is 1. The molecule has 3 aromatic rings. The van der Waals surface area contributed by atoms with Crippen molar-refractivity contribution in [2.75, 3.05) is 5.32 Å². The molecule has 0 fully saturated rings. The summed E-state index contributed by atoms with van der Waals surface area (Å²) in [5.74, 6) is -0.848. The number of aromatic hydroxyl groups is 1. The predicted molar refractivity (Wildman–Crippen MR) is 92.5 cm³/mol. The van der Waals surface area contributed by atoms with Gasteiger partial charge < -0.3 is 15.0 Å². The van der Waals surface area contributed by atoms with Gasteiger partial charge in [-0.3, -0.25) is 9.59 Å². The average Bonchev–Trinajstić information content (AvgIpc) is 2.98. The number of nitrogens with zero attached hydrogens (tertiary/aromatic N) is 1. The Kier molecular flexibility index (Phi) is 3.92. The number of anilines is 1. The van der Waals surface area contributed by atoms with Crippen LogP contribution in [0, 0.1) is 0 Å². The molecule has 0 atom stereocenters. The molecule has 0 aliphatic heterocycles. The van der Waals surface area contributed by atoms with E-state index < -0.39 is 11.5 Å². The average molecular weight is 328 g/mol. The molecule has 23 heavy (non-hydrogen) atoms. The van der Waals surface area contributed by atoms with Gasteiger partial charge >= 0.3 is 0 Å². The molecule has 118 valence electrons. The molecule has 0 spiro atoms. The predicted octanol–water partition coefficient (Wildman–Crippen LogP) is 3.12. The second-order valence-electron chi connectivity index (χ2n) is 5.20. The molecule has 0 unspecified atom stereocenters. The SMILES string of the molecule is CCc1csc2c1c(O)c(C(=O)Nc1ccccc1)c(=O)n2C. The number of nitrogens with one attached hydrogen (secondary N) is 1. The molecule has 0 aliphatic rings. The highest BCUT2D eigenvalue weighted by atomic mass is 32.1. The molecule has 0 bridgehead atoms. The molecule has 2 aromatic heterocycles. The number of benzene rings is 1. The maximum atomic E-state index is 12.5. The Bertz CT molecular complexity index is 942. The summed E-state index contributed by atoms with van der Waals surface area (Å²) < 4.78 is 1.42. The molecule has 1 amide bonds. The van der Waals surface area contributed by atoms with E-state index in [1.807, 2.05) is 18.4 Å². The van der Waals surface area contributed by atoms with E-state index in [-0.39, 0.29) is 11.3 Å². The van der Waals surface area contributed by atoms with Gasteiger partial charge in [-0.25, -0.2) is 0 Å². The first kappa shape index (κ1) is 15.3. The van der Waals surface area contributed by atoms with Crippen molar-refractivity contribution in [3.63, 3.8) is 0 Å². The van der Waals surface area contributed by atoms with Crippen LogP contribution in [0.2, 0.25) is 0 Å². The first-order valence-corrected chi connectivity index (χ1v) is 8.11. The molecule has 0 saturated heterocycles. The van der Waals surface area contributed by atoms with Gasteiger partial charge in [0.2, 0.25) is 0 Å². The van der Waals surface area contributed by atoms with E-state index in [2.05, 4.69) is 5.32 Å². The highest BCUT2D eigenvalue weighted by molar-refractivity contribution is 7.17. The summed E-state index contributed by atoms with van der Waals surface area (Å²) in [7, 11) is 1.61. The highest BCUT2D eigenvalue weighted by Gasteiger charge is 2.23. The van der Waals surface area contributed by atoms with Gasteiger partial charge in [0.1, 0.15) is 16.1 Å². The zero-order valence-electron chi connectivity index (χ0n) is 12.8. The van der Waals surface area contributed by atoms with Gasteiger partial charge in [-0.15, -0.1) is 11.3 Å². The van der Waals surface area contributed by atoms with E-state index in [9.17, 15) is 14.7 Å². The van der Waals surface area contributed by atoms with Gasteiger partial charge in [-0.2, -0.15) is 0 Å². The van der Waals surface area contributed by atoms with Crippen LogP contribution in [0.4, 0.5) is 5.69 Å². The summed E-state index contributed by atoms with van der Waals surface area (Å²) in [5.41, 5.74) is 0.761. The summed E-state index contributed by atoms with van der Waals surface area (Å²) in [6.45, 7) is 1.97. The maximum absolute atomic E-state index is 12.5. The number of pyridine rings is 1. The lowest BCUT2D eigenvalue weighted by molar-refractivity contribution is 0.102. The third-order valence-corrected chi connectivity index (χ3v) is 4.89. The number of amides is 1. The molecular weight excluding hydrogens is 312 g/mol. The zero-order chi connectivity index (χ0) is 16.6. The number of fused-ring (bicyclic) bond motifs is 1. The van der Waals surface area contributed by atoms with E-state index >= 15 is 0 Å². The minimum absolute atomic E-state index is 0.225. The van der Waals surface area contributed by atoms with E-state index in [4.69, 9.17) is 0 Å². The van der Waals surface area contributed by atoms with Crippen LogP contribution < -0.4 is 10.9 Å². The van der Waals surface area contributed by atoms with Crippen LogP contribution in [0.25, 0.3) is 10.2 Å². The van der Waals surface area contributed by atoms with Gasteiger partial charge in [-0.05, 0) is 29.5 Å². The van der Waals surface area contributed by atoms with Crippen molar-refractivity contribution in [1.29, 1.82) is 0 Å². The monoisotopic (exact) mass is 328 g/mol. The number of carbonyl (C=O) groups is 1. The minimum Gasteiger partial charge on any atom is -0.506 e. The van der Waals surface area contributed by atoms with Gasteiger partial charge in [-0.1, -0.05) is 25.1 Å². The van der Waals surface area contributed by atoms with Gasteiger partial charge in [0, 0.05) is 12.7 Å². The largest absolute Gasteiger partial charge is 0.506 e. The fraction of sp³-hybridized carbons (Fsp3) is 0.176. The lowest BCUT2D eigenvalue weighted by atomic mass is 10.1. The van der Waals surface area contributed by atoms with Crippen molar-refractivity contribution in [1.82, 2.24) is 4.57 Å². The van der Waals surface area contributed by atoms with Crippen molar-refractivity contribution >= 4 is 33.1 Å². The van der Waals surface area contributed by atoms with Crippen molar-refractivity contribution in [2.24, 2.45) is 7.05 Å². The Balaban J connectivity index is 2.17. The molecule has 1 aromatic carbocycles. The smallest absolute Gasteiger partial charge is 0.268 e. The van der Waals surface area contributed by atoms with E-state index in [0.717, 1.165) is 5.56 Å². The summed E-state index contributed by atoms with van der Waals surface area (Å²) in [4.78, 5) is 25.6. The molecule has 5 nitrogen and oxygen atoms in total. The fourth-order valence-electron chi connectivity index (χ4n) is 2.55. The number of aromatic nitrogens is 1. The van der Waals surface area contributed by atoms with Crippen molar-refractivity contribution in [2.45, 2.75) is 13.3 Å². The third-order valence-electron chi connectivity index (χ3n) is 3.78. The van der Waals surface area contributed by atoms with Crippen LogP contribution >= 0.6 is 11.3 Å². The molecule has 0 radical (unpaired) electrons. The second-order valence-corrected chi connectivity index (χ2v) is 6.06. The molecule has 2 N–H and O–H groups in total. The Morgan fingerprint density at radius 3 is 2.65 bits per heavy atom.